The fourth-order valence-corrected chi connectivity index (χ4v) is 5.52. The zero-order valence-electron chi connectivity index (χ0n) is 19.1. The number of amides is 1. The molecule has 5 nitrogen and oxygen atoms in total. The molecular formula is C27H21F2NO4S2. The number of benzene rings is 3. The van der Waals surface area contributed by atoms with E-state index in [0.717, 1.165) is 17.4 Å². The van der Waals surface area contributed by atoms with Crippen molar-refractivity contribution in [3.63, 3.8) is 0 Å². The van der Waals surface area contributed by atoms with Gasteiger partial charge in [-0.25, -0.2) is 17.2 Å². The zero-order valence-corrected chi connectivity index (χ0v) is 20.8. The number of carbonyl (C=O) groups is 2. The van der Waals surface area contributed by atoms with Gasteiger partial charge in [0.2, 0.25) is 11.7 Å². The maximum Gasteiger partial charge on any atom is 0.229 e. The van der Waals surface area contributed by atoms with Crippen LogP contribution in [-0.2, 0) is 21.1 Å². The van der Waals surface area contributed by atoms with Gasteiger partial charge in [0, 0.05) is 11.1 Å². The van der Waals surface area contributed by atoms with Crippen LogP contribution >= 0.6 is 11.3 Å². The fraction of sp³-hybridized carbons (Fsp3) is 0.111. The smallest absolute Gasteiger partial charge is 0.229 e. The number of rotatable bonds is 8. The van der Waals surface area contributed by atoms with E-state index in [-0.39, 0.29) is 33.4 Å². The standard InChI is InChI=1S/C27H21F2NO4S2/c1-2-36(33,34)22-12-6-17(7-13-22)14-24(31)30-25-16-23(18-8-10-20(28)11-9-18)27(35-25)26(32)19-4-3-5-21(29)15-19/h3-13,15-16H,2,14H2,1H3,(H,30,31). The van der Waals surface area contributed by atoms with Crippen LogP contribution in [0, 0.1) is 11.6 Å². The van der Waals surface area contributed by atoms with Crippen LogP contribution < -0.4 is 5.32 Å². The van der Waals surface area contributed by atoms with Crippen molar-refractivity contribution in [2.45, 2.75) is 18.2 Å². The van der Waals surface area contributed by atoms with Gasteiger partial charge in [0.15, 0.2) is 9.84 Å². The Labute approximate surface area is 211 Å². The van der Waals surface area contributed by atoms with Gasteiger partial charge in [-0.1, -0.05) is 43.3 Å². The Morgan fingerprint density at radius 1 is 0.889 bits per heavy atom. The first-order chi connectivity index (χ1) is 17.2. The lowest BCUT2D eigenvalue weighted by Crippen LogP contribution is -2.13. The average molecular weight is 526 g/mol. The summed E-state index contributed by atoms with van der Waals surface area (Å²) < 4.78 is 51.1. The van der Waals surface area contributed by atoms with E-state index in [0.29, 0.717) is 21.7 Å². The van der Waals surface area contributed by atoms with Crippen LogP contribution in [0.2, 0.25) is 0 Å². The maximum atomic E-state index is 13.7. The molecule has 4 aromatic rings. The third-order valence-electron chi connectivity index (χ3n) is 5.47. The van der Waals surface area contributed by atoms with E-state index in [4.69, 9.17) is 0 Å². The number of halogens is 2. The summed E-state index contributed by atoms with van der Waals surface area (Å²) in [6.45, 7) is 1.56. The quantitative estimate of drug-likeness (QED) is 0.291. The molecule has 0 aliphatic rings. The van der Waals surface area contributed by atoms with E-state index in [9.17, 15) is 26.8 Å². The topological polar surface area (TPSA) is 80.3 Å². The number of carbonyl (C=O) groups excluding carboxylic acids is 2. The van der Waals surface area contributed by atoms with Gasteiger partial charge in [-0.15, -0.1) is 11.3 Å². The van der Waals surface area contributed by atoms with E-state index < -0.39 is 27.3 Å². The summed E-state index contributed by atoms with van der Waals surface area (Å²) in [5.74, 6) is -1.78. The molecule has 0 saturated heterocycles. The number of hydrogen-bond donors (Lipinski definition) is 1. The minimum Gasteiger partial charge on any atom is -0.317 e. The van der Waals surface area contributed by atoms with E-state index in [1.807, 2.05) is 0 Å². The molecule has 184 valence electrons. The van der Waals surface area contributed by atoms with Crippen LogP contribution in [0.25, 0.3) is 11.1 Å². The molecule has 1 amide bonds. The lowest BCUT2D eigenvalue weighted by atomic mass is 10.0. The van der Waals surface area contributed by atoms with Crippen molar-refractivity contribution in [1.29, 1.82) is 0 Å². The van der Waals surface area contributed by atoms with Gasteiger partial charge in [-0.2, -0.15) is 0 Å². The Morgan fingerprint density at radius 3 is 2.22 bits per heavy atom. The summed E-state index contributed by atoms with van der Waals surface area (Å²) in [5, 5.41) is 3.16. The van der Waals surface area contributed by atoms with Gasteiger partial charge in [0.25, 0.3) is 0 Å². The summed E-state index contributed by atoms with van der Waals surface area (Å²) in [5.41, 5.74) is 1.83. The predicted octanol–water partition coefficient (Wildman–Crippen LogP) is 5.90. The highest BCUT2D eigenvalue weighted by Gasteiger charge is 2.21. The average Bonchev–Trinajstić information content (AvgIpc) is 3.27. The second-order valence-corrected chi connectivity index (χ2v) is 11.3. The molecule has 1 heterocycles. The van der Waals surface area contributed by atoms with E-state index in [1.54, 1.807) is 25.1 Å². The first-order valence-corrected chi connectivity index (χ1v) is 13.4. The predicted molar refractivity (Wildman–Crippen MR) is 136 cm³/mol. The van der Waals surface area contributed by atoms with Crippen molar-refractivity contribution < 1.29 is 26.8 Å². The highest BCUT2D eigenvalue weighted by molar-refractivity contribution is 7.91. The molecule has 0 unspecified atom stereocenters. The first kappa shape index (κ1) is 25.4. The van der Waals surface area contributed by atoms with Gasteiger partial charge in [0.05, 0.1) is 26.9 Å². The molecule has 0 aliphatic heterocycles. The van der Waals surface area contributed by atoms with E-state index in [1.165, 1.54) is 54.6 Å². The first-order valence-electron chi connectivity index (χ1n) is 11.0. The van der Waals surface area contributed by atoms with Crippen LogP contribution in [0.15, 0.2) is 83.8 Å². The van der Waals surface area contributed by atoms with Crippen LogP contribution in [0.5, 0.6) is 0 Å². The second kappa shape index (κ2) is 10.5. The van der Waals surface area contributed by atoms with Crippen LogP contribution in [0.4, 0.5) is 13.8 Å². The Balaban J connectivity index is 1.60. The molecule has 9 heteroatoms. The van der Waals surface area contributed by atoms with Gasteiger partial charge in [-0.3, -0.25) is 9.59 Å². The SMILES string of the molecule is CCS(=O)(=O)c1ccc(CC(=O)Nc2cc(-c3ccc(F)cc3)c(C(=O)c3cccc(F)c3)s2)cc1. The van der Waals surface area contributed by atoms with Crippen molar-refractivity contribution in [3.05, 3.63) is 107 Å². The van der Waals surface area contributed by atoms with Crippen LogP contribution in [-0.4, -0.2) is 25.9 Å². The summed E-state index contributed by atoms with van der Waals surface area (Å²) in [4.78, 5) is 26.4. The summed E-state index contributed by atoms with van der Waals surface area (Å²) >= 11 is 1.04. The number of nitrogens with one attached hydrogen (secondary N) is 1. The molecule has 1 aromatic heterocycles. The van der Waals surface area contributed by atoms with Gasteiger partial charge >= 0.3 is 0 Å². The number of thiophene rings is 1. The number of ketones is 1. The molecular weight excluding hydrogens is 504 g/mol. The van der Waals surface area contributed by atoms with Crippen molar-refractivity contribution in [2.24, 2.45) is 0 Å². The normalized spacial score (nSPS) is 11.3. The molecule has 1 N–H and O–H groups in total. The Hall–Kier alpha value is -3.69. The highest BCUT2D eigenvalue weighted by Crippen LogP contribution is 2.36. The molecule has 0 radical (unpaired) electrons. The Bertz CT molecular complexity index is 1530. The fourth-order valence-electron chi connectivity index (χ4n) is 3.57. The van der Waals surface area contributed by atoms with Crippen molar-refractivity contribution in [3.8, 4) is 11.1 Å². The Kier molecular flexibility index (Phi) is 7.42. The molecule has 0 atom stereocenters. The second-order valence-electron chi connectivity index (χ2n) is 7.97. The third kappa shape index (κ3) is 5.75. The van der Waals surface area contributed by atoms with Crippen LogP contribution in [0.3, 0.4) is 0 Å². The highest BCUT2D eigenvalue weighted by atomic mass is 32.2. The van der Waals surface area contributed by atoms with Gasteiger partial charge < -0.3 is 5.32 Å². The zero-order chi connectivity index (χ0) is 25.9. The lowest BCUT2D eigenvalue weighted by molar-refractivity contribution is -0.115. The molecule has 36 heavy (non-hydrogen) atoms. The van der Waals surface area contributed by atoms with Gasteiger partial charge in [-0.05, 0) is 53.6 Å². The van der Waals surface area contributed by atoms with E-state index >= 15 is 0 Å². The lowest BCUT2D eigenvalue weighted by Gasteiger charge is -2.05. The maximum absolute atomic E-state index is 13.7. The molecule has 0 spiro atoms. The minimum absolute atomic E-state index is 0.0105. The van der Waals surface area contributed by atoms with Crippen molar-refractivity contribution >= 4 is 37.9 Å². The summed E-state index contributed by atoms with van der Waals surface area (Å²) in [7, 11) is -3.33. The monoisotopic (exact) mass is 525 g/mol. The number of anilines is 1. The Morgan fingerprint density at radius 2 is 1.58 bits per heavy atom. The largest absolute Gasteiger partial charge is 0.317 e. The van der Waals surface area contributed by atoms with E-state index in [2.05, 4.69) is 5.32 Å². The van der Waals surface area contributed by atoms with Crippen molar-refractivity contribution in [1.82, 2.24) is 0 Å². The molecule has 0 fully saturated rings. The third-order valence-corrected chi connectivity index (χ3v) is 8.27. The molecule has 0 aliphatic carbocycles. The van der Waals surface area contributed by atoms with Crippen molar-refractivity contribution in [2.75, 3.05) is 11.1 Å². The van der Waals surface area contributed by atoms with Gasteiger partial charge in [0.1, 0.15) is 11.6 Å². The molecule has 4 rings (SSSR count). The summed E-state index contributed by atoms with van der Waals surface area (Å²) in [6, 6.07) is 18.6. The summed E-state index contributed by atoms with van der Waals surface area (Å²) in [6.07, 6.45) is -0.0105. The number of sulfone groups is 1. The number of hydrogen-bond acceptors (Lipinski definition) is 5. The molecule has 0 saturated carbocycles. The molecule has 0 bridgehead atoms. The molecule has 3 aromatic carbocycles. The van der Waals surface area contributed by atoms with Crippen LogP contribution in [0.1, 0.15) is 27.7 Å². The minimum atomic E-state index is -3.33.